The van der Waals surface area contributed by atoms with E-state index in [9.17, 15) is 5.11 Å². The minimum Gasteiger partial charge on any atom is -0.494 e. The van der Waals surface area contributed by atoms with Crippen molar-refractivity contribution in [1.82, 2.24) is 5.32 Å². The average molecular weight is 293 g/mol. The van der Waals surface area contributed by atoms with Gasteiger partial charge >= 0.3 is 0 Å². The monoisotopic (exact) mass is 293 g/mol. The van der Waals surface area contributed by atoms with E-state index in [-0.39, 0.29) is 0 Å². The first-order chi connectivity index (χ1) is 10.3. The van der Waals surface area contributed by atoms with E-state index in [1.54, 1.807) is 0 Å². The fraction of sp³-hybridized carbons (Fsp3) is 0.667. The third-order valence-corrected chi connectivity index (χ3v) is 3.66. The summed E-state index contributed by atoms with van der Waals surface area (Å²) in [5.41, 5.74) is 0.904. The molecular weight excluding hydrogens is 262 g/mol. The summed E-state index contributed by atoms with van der Waals surface area (Å²) < 4.78 is 5.77. The lowest BCUT2D eigenvalue weighted by molar-refractivity contribution is 0.177. The maximum atomic E-state index is 9.94. The second-order valence-electron chi connectivity index (χ2n) is 5.62. The first-order valence-corrected chi connectivity index (χ1v) is 8.33. The molecule has 1 atom stereocenters. The van der Waals surface area contributed by atoms with Gasteiger partial charge in [0, 0.05) is 6.54 Å². The van der Waals surface area contributed by atoms with E-state index in [0.717, 1.165) is 24.3 Å². The molecule has 120 valence electrons. The molecule has 2 N–H and O–H groups in total. The van der Waals surface area contributed by atoms with Gasteiger partial charge in [-0.05, 0) is 31.2 Å². The van der Waals surface area contributed by atoms with Crippen LogP contribution in [0.5, 0.6) is 5.75 Å². The van der Waals surface area contributed by atoms with Crippen LogP contribution in [0.2, 0.25) is 0 Å². The number of aliphatic hydroxyl groups is 1. The maximum Gasteiger partial charge on any atom is 0.119 e. The quantitative estimate of drug-likeness (QED) is 0.571. The third-order valence-electron chi connectivity index (χ3n) is 3.66. The fourth-order valence-corrected chi connectivity index (χ4v) is 2.37. The van der Waals surface area contributed by atoms with E-state index in [2.05, 4.69) is 12.2 Å². The first-order valence-electron chi connectivity index (χ1n) is 8.33. The highest BCUT2D eigenvalue weighted by atomic mass is 16.5. The topological polar surface area (TPSA) is 41.5 Å². The molecule has 0 radical (unpaired) electrons. The second kappa shape index (κ2) is 11.6. The molecule has 0 aromatic heterocycles. The molecule has 0 amide bonds. The molecule has 0 aliphatic rings. The molecule has 21 heavy (non-hydrogen) atoms. The molecule has 0 saturated heterocycles. The van der Waals surface area contributed by atoms with Gasteiger partial charge in [-0.15, -0.1) is 0 Å². The average Bonchev–Trinajstić information content (AvgIpc) is 2.50. The zero-order chi connectivity index (χ0) is 15.3. The first kappa shape index (κ1) is 18.0. The molecule has 1 rings (SSSR count). The predicted molar refractivity (Wildman–Crippen MR) is 88.8 cm³/mol. The summed E-state index contributed by atoms with van der Waals surface area (Å²) in [6.07, 6.45) is 8.56. The lowest BCUT2D eigenvalue weighted by Gasteiger charge is -2.12. The predicted octanol–water partition coefficient (Wildman–Crippen LogP) is 4.07. The van der Waals surface area contributed by atoms with Crippen molar-refractivity contribution in [2.75, 3.05) is 20.2 Å². The molecule has 0 fully saturated rings. The van der Waals surface area contributed by atoms with Crippen LogP contribution in [-0.4, -0.2) is 25.3 Å². The number of aliphatic hydroxyl groups excluding tert-OH is 1. The van der Waals surface area contributed by atoms with E-state index in [1.807, 2.05) is 31.3 Å². The smallest absolute Gasteiger partial charge is 0.119 e. The van der Waals surface area contributed by atoms with Crippen LogP contribution >= 0.6 is 0 Å². The molecule has 1 aromatic rings. The Labute approximate surface area is 129 Å². The van der Waals surface area contributed by atoms with Crippen molar-refractivity contribution in [3.63, 3.8) is 0 Å². The molecule has 0 unspecified atom stereocenters. The maximum absolute atomic E-state index is 9.94. The molecule has 0 saturated carbocycles. The van der Waals surface area contributed by atoms with Crippen molar-refractivity contribution in [3.8, 4) is 5.75 Å². The van der Waals surface area contributed by atoms with Crippen LogP contribution in [0, 0.1) is 0 Å². The number of hydrogen-bond acceptors (Lipinski definition) is 3. The van der Waals surface area contributed by atoms with E-state index < -0.39 is 6.10 Å². The van der Waals surface area contributed by atoms with Gasteiger partial charge in [0.2, 0.25) is 0 Å². The normalized spacial score (nSPS) is 12.3. The molecule has 0 aliphatic carbocycles. The highest BCUT2D eigenvalue weighted by Gasteiger charge is 2.06. The lowest BCUT2D eigenvalue weighted by atomic mass is 10.1. The van der Waals surface area contributed by atoms with Gasteiger partial charge in [-0.1, -0.05) is 57.6 Å². The number of benzene rings is 1. The van der Waals surface area contributed by atoms with Gasteiger partial charge in [-0.3, -0.25) is 0 Å². The Balaban J connectivity index is 2.18. The Morgan fingerprint density at radius 2 is 1.81 bits per heavy atom. The molecule has 0 heterocycles. The zero-order valence-electron chi connectivity index (χ0n) is 13.6. The highest BCUT2D eigenvalue weighted by Crippen LogP contribution is 2.19. The largest absolute Gasteiger partial charge is 0.494 e. The van der Waals surface area contributed by atoms with Crippen LogP contribution in [0.1, 0.15) is 63.5 Å². The van der Waals surface area contributed by atoms with Crippen molar-refractivity contribution in [2.45, 2.75) is 58.0 Å². The minimum atomic E-state index is -0.475. The number of nitrogens with one attached hydrogen (secondary N) is 1. The Bertz CT molecular complexity index is 368. The van der Waals surface area contributed by atoms with Crippen molar-refractivity contribution in [1.29, 1.82) is 0 Å². The number of ether oxygens (including phenoxy) is 1. The third kappa shape index (κ3) is 8.08. The minimum absolute atomic E-state index is 0.475. The standard InChI is InChI=1S/C18H31NO2/c1-3-4-5-6-7-8-9-13-21-17-12-10-11-16(14-17)18(20)15-19-2/h10-12,14,18-20H,3-9,13,15H2,1-2H3/t18-/m0/s1. The van der Waals surface area contributed by atoms with Crippen molar-refractivity contribution in [3.05, 3.63) is 29.8 Å². The molecule has 3 nitrogen and oxygen atoms in total. The van der Waals surface area contributed by atoms with Gasteiger partial charge in [0.25, 0.3) is 0 Å². The molecule has 3 heteroatoms. The number of unbranched alkanes of at least 4 members (excludes halogenated alkanes) is 6. The summed E-state index contributed by atoms with van der Waals surface area (Å²) in [7, 11) is 1.84. The summed E-state index contributed by atoms with van der Waals surface area (Å²) >= 11 is 0. The van der Waals surface area contributed by atoms with Gasteiger partial charge in [0.05, 0.1) is 12.7 Å². The van der Waals surface area contributed by atoms with Crippen LogP contribution in [0.3, 0.4) is 0 Å². The number of likely N-dealkylation sites (N-methyl/N-ethyl adjacent to an activating group) is 1. The zero-order valence-corrected chi connectivity index (χ0v) is 13.6. The van der Waals surface area contributed by atoms with Crippen LogP contribution in [0.25, 0.3) is 0 Å². The van der Waals surface area contributed by atoms with Crippen LogP contribution in [0.4, 0.5) is 0 Å². The van der Waals surface area contributed by atoms with E-state index in [4.69, 9.17) is 4.74 Å². The Morgan fingerprint density at radius 3 is 2.52 bits per heavy atom. The summed E-state index contributed by atoms with van der Waals surface area (Å²) in [5.74, 6) is 0.855. The van der Waals surface area contributed by atoms with Gasteiger partial charge in [0.15, 0.2) is 0 Å². The van der Waals surface area contributed by atoms with E-state index in [1.165, 1.54) is 38.5 Å². The van der Waals surface area contributed by atoms with Crippen LogP contribution < -0.4 is 10.1 Å². The molecule has 1 aromatic carbocycles. The van der Waals surface area contributed by atoms with Crippen LogP contribution in [0.15, 0.2) is 24.3 Å². The second-order valence-corrected chi connectivity index (χ2v) is 5.62. The number of rotatable bonds is 12. The molecule has 0 spiro atoms. The van der Waals surface area contributed by atoms with Crippen molar-refractivity contribution >= 4 is 0 Å². The SMILES string of the molecule is CCCCCCCCCOc1cccc([C@@H](O)CNC)c1. The van der Waals surface area contributed by atoms with E-state index >= 15 is 0 Å². The highest BCUT2D eigenvalue weighted by molar-refractivity contribution is 5.30. The summed E-state index contributed by atoms with van der Waals surface area (Å²) in [5, 5.41) is 12.9. The fourth-order valence-electron chi connectivity index (χ4n) is 2.37. The van der Waals surface area contributed by atoms with Crippen molar-refractivity contribution < 1.29 is 9.84 Å². The van der Waals surface area contributed by atoms with Gasteiger partial charge in [-0.25, -0.2) is 0 Å². The van der Waals surface area contributed by atoms with Gasteiger partial charge in [0.1, 0.15) is 5.75 Å². The van der Waals surface area contributed by atoms with Gasteiger partial charge < -0.3 is 15.2 Å². The van der Waals surface area contributed by atoms with Crippen molar-refractivity contribution in [2.24, 2.45) is 0 Å². The number of hydrogen-bond donors (Lipinski definition) is 2. The molecular formula is C18H31NO2. The van der Waals surface area contributed by atoms with E-state index in [0.29, 0.717) is 6.54 Å². The summed E-state index contributed by atoms with van der Waals surface area (Å²) in [6, 6.07) is 7.76. The molecule has 0 bridgehead atoms. The lowest BCUT2D eigenvalue weighted by Crippen LogP contribution is -2.16. The van der Waals surface area contributed by atoms with Crippen LogP contribution in [-0.2, 0) is 0 Å². The Morgan fingerprint density at radius 1 is 1.10 bits per heavy atom. The summed E-state index contributed by atoms with van der Waals surface area (Å²) in [6.45, 7) is 3.57. The van der Waals surface area contributed by atoms with Gasteiger partial charge in [-0.2, -0.15) is 0 Å². The Hall–Kier alpha value is -1.06. The molecule has 0 aliphatic heterocycles. The summed E-state index contributed by atoms with van der Waals surface area (Å²) in [4.78, 5) is 0. The Kier molecular flexibility index (Phi) is 9.92.